The second-order valence-electron chi connectivity index (χ2n) is 6.38. The van der Waals surface area contributed by atoms with Crippen molar-refractivity contribution in [3.63, 3.8) is 0 Å². The van der Waals surface area contributed by atoms with Gasteiger partial charge in [0.1, 0.15) is 0 Å². The Morgan fingerprint density at radius 2 is 1.48 bits per heavy atom. The lowest BCUT2D eigenvalue weighted by molar-refractivity contribution is -0.140. The number of esters is 2. The number of rotatable bonds is 12. The number of carbonyl (C=O) groups is 2. The third-order valence-corrected chi connectivity index (χ3v) is 4.20. The van der Waals surface area contributed by atoms with E-state index in [0.29, 0.717) is 11.5 Å². The van der Waals surface area contributed by atoms with Crippen molar-refractivity contribution in [1.82, 2.24) is 0 Å². The van der Waals surface area contributed by atoms with Crippen LogP contribution >= 0.6 is 0 Å². The number of benzene rings is 1. The van der Waals surface area contributed by atoms with Gasteiger partial charge in [-0.1, -0.05) is 71.4 Å². The van der Waals surface area contributed by atoms with E-state index >= 15 is 0 Å². The standard InChI is InChI=1S/C21H32O4/c1-4-7-8-9-10-14-17(13-5-2)21(23)25-19-16-12-11-15-18(19)24-20(22)6-3/h11-12,15-17H,4-10,13-14H2,1-3H3. The quantitative estimate of drug-likeness (QED) is 0.277. The minimum atomic E-state index is -0.343. The summed E-state index contributed by atoms with van der Waals surface area (Å²) in [6, 6.07) is 6.84. The van der Waals surface area contributed by atoms with Crippen LogP contribution < -0.4 is 9.47 Å². The Morgan fingerprint density at radius 3 is 2.08 bits per heavy atom. The fraction of sp³-hybridized carbons (Fsp3) is 0.619. The molecule has 1 aromatic carbocycles. The van der Waals surface area contributed by atoms with Gasteiger partial charge in [0, 0.05) is 6.42 Å². The van der Waals surface area contributed by atoms with Gasteiger partial charge in [-0.05, 0) is 25.0 Å². The molecule has 0 radical (unpaired) electrons. The van der Waals surface area contributed by atoms with Crippen LogP contribution in [0.15, 0.2) is 24.3 Å². The summed E-state index contributed by atoms with van der Waals surface area (Å²) in [5.41, 5.74) is 0. The van der Waals surface area contributed by atoms with E-state index in [0.717, 1.165) is 32.1 Å². The van der Waals surface area contributed by atoms with Gasteiger partial charge >= 0.3 is 11.9 Å². The Hall–Kier alpha value is -1.84. The Balaban J connectivity index is 2.65. The van der Waals surface area contributed by atoms with Crippen LogP contribution in [0.5, 0.6) is 11.5 Å². The molecule has 0 saturated heterocycles. The molecule has 0 aromatic heterocycles. The lowest BCUT2D eigenvalue weighted by Crippen LogP contribution is -2.21. The van der Waals surface area contributed by atoms with Crippen LogP contribution in [-0.4, -0.2) is 11.9 Å². The van der Waals surface area contributed by atoms with E-state index in [9.17, 15) is 9.59 Å². The fourth-order valence-electron chi connectivity index (χ4n) is 2.73. The van der Waals surface area contributed by atoms with E-state index in [1.165, 1.54) is 19.3 Å². The third kappa shape index (κ3) is 8.19. The first-order chi connectivity index (χ1) is 12.1. The zero-order chi connectivity index (χ0) is 18.5. The molecule has 0 bridgehead atoms. The van der Waals surface area contributed by atoms with Crippen molar-refractivity contribution in [2.75, 3.05) is 0 Å². The summed E-state index contributed by atoms with van der Waals surface area (Å²) in [5.74, 6) is -0.0364. The zero-order valence-electron chi connectivity index (χ0n) is 15.9. The number of para-hydroxylation sites is 2. The topological polar surface area (TPSA) is 52.6 Å². The van der Waals surface area contributed by atoms with Crippen LogP contribution in [0.3, 0.4) is 0 Å². The van der Waals surface area contributed by atoms with Gasteiger partial charge in [-0.2, -0.15) is 0 Å². The Labute approximate surface area is 151 Å². The van der Waals surface area contributed by atoms with Crippen LogP contribution in [0.1, 0.15) is 78.6 Å². The summed E-state index contributed by atoms with van der Waals surface area (Å²) in [6.45, 7) is 6.00. The molecule has 0 amide bonds. The molecule has 0 aliphatic rings. The third-order valence-electron chi connectivity index (χ3n) is 4.20. The molecular weight excluding hydrogens is 316 g/mol. The molecule has 0 aliphatic heterocycles. The van der Waals surface area contributed by atoms with Crippen molar-refractivity contribution in [1.29, 1.82) is 0 Å². The van der Waals surface area contributed by atoms with Crippen molar-refractivity contribution >= 4 is 11.9 Å². The highest BCUT2D eigenvalue weighted by Gasteiger charge is 2.21. The van der Waals surface area contributed by atoms with Gasteiger partial charge < -0.3 is 9.47 Å². The highest BCUT2D eigenvalue weighted by molar-refractivity contribution is 5.77. The normalized spacial score (nSPS) is 11.8. The maximum atomic E-state index is 12.6. The average Bonchev–Trinajstić information content (AvgIpc) is 2.62. The van der Waals surface area contributed by atoms with Gasteiger partial charge in [-0.15, -0.1) is 0 Å². The summed E-state index contributed by atoms with van der Waals surface area (Å²) in [4.78, 5) is 24.1. The Bertz CT molecular complexity index is 524. The predicted molar refractivity (Wildman–Crippen MR) is 99.8 cm³/mol. The molecule has 1 atom stereocenters. The molecule has 0 spiro atoms. The summed E-state index contributed by atoms with van der Waals surface area (Å²) < 4.78 is 10.8. The first-order valence-electron chi connectivity index (χ1n) is 9.63. The van der Waals surface area contributed by atoms with Crippen LogP contribution in [0.2, 0.25) is 0 Å². The van der Waals surface area contributed by atoms with E-state index in [2.05, 4.69) is 13.8 Å². The van der Waals surface area contributed by atoms with Crippen LogP contribution in [0, 0.1) is 5.92 Å². The second kappa shape index (κ2) is 12.5. The summed E-state index contributed by atoms with van der Waals surface area (Å²) in [7, 11) is 0. The molecule has 1 aromatic rings. The Morgan fingerprint density at radius 1 is 0.840 bits per heavy atom. The monoisotopic (exact) mass is 348 g/mol. The molecule has 0 aliphatic carbocycles. The maximum Gasteiger partial charge on any atom is 0.314 e. The van der Waals surface area contributed by atoms with E-state index in [4.69, 9.17) is 9.47 Å². The minimum absolute atomic E-state index is 0.0958. The maximum absolute atomic E-state index is 12.6. The van der Waals surface area contributed by atoms with Gasteiger partial charge in [0.2, 0.25) is 0 Å². The lowest BCUT2D eigenvalue weighted by atomic mass is 9.96. The summed E-state index contributed by atoms with van der Waals surface area (Å²) >= 11 is 0. The molecule has 0 heterocycles. The second-order valence-corrected chi connectivity index (χ2v) is 6.38. The van der Waals surface area contributed by atoms with Gasteiger partial charge in [0.25, 0.3) is 0 Å². The first-order valence-corrected chi connectivity index (χ1v) is 9.63. The fourth-order valence-corrected chi connectivity index (χ4v) is 2.73. The number of hydrogen-bond acceptors (Lipinski definition) is 4. The van der Waals surface area contributed by atoms with Crippen molar-refractivity contribution in [2.45, 2.75) is 78.6 Å². The SMILES string of the molecule is CCCCCCCC(CCC)C(=O)Oc1ccccc1OC(=O)CC. The van der Waals surface area contributed by atoms with Gasteiger partial charge in [-0.3, -0.25) is 9.59 Å². The predicted octanol–water partition coefficient (Wildman–Crippen LogP) is 5.68. The highest BCUT2D eigenvalue weighted by Crippen LogP contribution is 2.29. The number of ether oxygens (including phenoxy) is 2. The molecule has 4 nitrogen and oxygen atoms in total. The van der Waals surface area contributed by atoms with E-state index in [-0.39, 0.29) is 24.3 Å². The number of unbranched alkanes of at least 4 members (excludes halogenated alkanes) is 4. The van der Waals surface area contributed by atoms with E-state index in [1.807, 2.05) is 0 Å². The van der Waals surface area contributed by atoms with E-state index in [1.54, 1.807) is 31.2 Å². The molecule has 0 N–H and O–H groups in total. The number of carbonyl (C=O) groups excluding carboxylic acids is 2. The molecule has 0 saturated carbocycles. The molecule has 25 heavy (non-hydrogen) atoms. The van der Waals surface area contributed by atoms with Gasteiger partial charge in [-0.25, -0.2) is 0 Å². The largest absolute Gasteiger partial charge is 0.423 e. The molecular formula is C21H32O4. The van der Waals surface area contributed by atoms with Gasteiger partial charge in [0.15, 0.2) is 11.5 Å². The summed E-state index contributed by atoms with van der Waals surface area (Å²) in [6.07, 6.45) is 8.79. The molecule has 1 rings (SSSR count). The smallest absolute Gasteiger partial charge is 0.314 e. The molecule has 4 heteroatoms. The minimum Gasteiger partial charge on any atom is -0.423 e. The van der Waals surface area contributed by atoms with E-state index < -0.39 is 0 Å². The van der Waals surface area contributed by atoms with Crippen LogP contribution in [0.25, 0.3) is 0 Å². The zero-order valence-corrected chi connectivity index (χ0v) is 15.9. The molecule has 140 valence electrons. The van der Waals surface area contributed by atoms with Crippen molar-refractivity contribution in [3.05, 3.63) is 24.3 Å². The average molecular weight is 348 g/mol. The van der Waals surface area contributed by atoms with Crippen LogP contribution in [-0.2, 0) is 9.59 Å². The highest BCUT2D eigenvalue weighted by atomic mass is 16.6. The lowest BCUT2D eigenvalue weighted by Gasteiger charge is -2.16. The van der Waals surface area contributed by atoms with Crippen LogP contribution in [0.4, 0.5) is 0 Å². The Kier molecular flexibility index (Phi) is 10.6. The molecule has 0 fully saturated rings. The first kappa shape index (κ1) is 21.2. The van der Waals surface area contributed by atoms with Crippen molar-refractivity contribution in [2.24, 2.45) is 5.92 Å². The van der Waals surface area contributed by atoms with Gasteiger partial charge in [0.05, 0.1) is 5.92 Å². The van der Waals surface area contributed by atoms with Crippen molar-refractivity contribution < 1.29 is 19.1 Å². The number of hydrogen-bond donors (Lipinski definition) is 0. The van der Waals surface area contributed by atoms with Crippen molar-refractivity contribution in [3.8, 4) is 11.5 Å². The summed E-state index contributed by atoms with van der Waals surface area (Å²) in [5, 5.41) is 0. The molecule has 1 unspecified atom stereocenters.